The number of pyridine rings is 1. The van der Waals surface area contributed by atoms with Gasteiger partial charge in [-0.25, -0.2) is 15.0 Å². The van der Waals surface area contributed by atoms with Crippen LogP contribution in [-0.4, -0.2) is 15.0 Å². The number of aromatic nitrogens is 3. The lowest BCUT2D eigenvalue weighted by atomic mass is 9.67. The van der Waals surface area contributed by atoms with Crippen LogP contribution in [0.3, 0.4) is 0 Å². The maximum absolute atomic E-state index is 5.56. The Labute approximate surface area is 354 Å². The summed E-state index contributed by atoms with van der Waals surface area (Å²) in [7, 11) is 0. The van der Waals surface area contributed by atoms with E-state index in [2.05, 4.69) is 212 Å². The highest BCUT2D eigenvalue weighted by atomic mass is 14.9. The minimum atomic E-state index is -0.526. The Morgan fingerprint density at radius 3 is 1.61 bits per heavy atom. The van der Waals surface area contributed by atoms with Gasteiger partial charge in [0.2, 0.25) is 0 Å². The van der Waals surface area contributed by atoms with E-state index in [1.54, 1.807) is 0 Å². The van der Waals surface area contributed by atoms with Crippen LogP contribution < -0.4 is 0 Å². The van der Waals surface area contributed by atoms with Gasteiger partial charge in [0.25, 0.3) is 0 Å². The van der Waals surface area contributed by atoms with Gasteiger partial charge < -0.3 is 0 Å². The molecule has 3 heteroatoms. The summed E-state index contributed by atoms with van der Waals surface area (Å²) in [6.07, 6.45) is 0. The second kappa shape index (κ2) is 14.1. The van der Waals surface area contributed by atoms with E-state index in [0.717, 1.165) is 55.3 Å². The molecule has 284 valence electrons. The molecule has 0 fully saturated rings. The summed E-state index contributed by atoms with van der Waals surface area (Å²) >= 11 is 0. The minimum absolute atomic E-state index is 0.526. The van der Waals surface area contributed by atoms with Crippen LogP contribution in [0.2, 0.25) is 0 Å². The summed E-state index contributed by atoms with van der Waals surface area (Å²) < 4.78 is 0. The molecule has 0 amide bonds. The van der Waals surface area contributed by atoms with E-state index in [1.165, 1.54) is 49.9 Å². The molecule has 9 aromatic carbocycles. The average molecular weight is 776 g/mol. The highest BCUT2D eigenvalue weighted by Crippen LogP contribution is 2.59. The number of para-hydroxylation sites is 2. The summed E-state index contributed by atoms with van der Waals surface area (Å²) in [6.45, 7) is 0. The van der Waals surface area contributed by atoms with Crippen molar-refractivity contribution in [2.75, 3.05) is 0 Å². The second-order valence-electron chi connectivity index (χ2n) is 15.9. The van der Waals surface area contributed by atoms with E-state index in [4.69, 9.17) is 15.0 Å². The van der Waals surface area contributed by atoms with Gasteiger partial charge in [-0.2, -0.15) is 0 Å². The fourth-order valence-corrected chi connectivity index (χ4v) is 9.87. The molecule has 0 bridgehead atoms. The van der Waals surface area contributed by atoms with Crippen LogP contribution in [0.1, 0.15) is 22.3 Å². The summed E-state index contributed by atoms with van der Waals surface area (Å²) in [5, 5.41) is 4.48. The summed E-state index contributed by atoms with van der Waals surface area (Å²) in [6, 6.07) is 80.3. The number of hydrogen-bond acceptors (Lipinski definition) is 3. The van der Waals surface area contributed by atoms with Gasteiger partial charge in [-0.05, 0) is 68.1 Å². The monoisotopic (exact) mass is 775 g/mol. The molecule has 0 saturated heterocycles. The molecular formula is C58H37N3. The quantitative estimate of drug-likeness (QED) is 0.158. The zero-order chi connectivity index (χ0) is 40.3. The number of benzene rings is 9. The molecule has 1 aliphatic rings. The molecule has 3 nitrogen and oxygen atoms in total. The van der Waals surface area contributed by atoms with Gasteiger partial charge in [0.05, 0.1) is 27.8 Å². The first-order valence-electron chi connectivity index (χ1n) is 20.9. The van der Waals surface area contributed by atoms with Gasteiger partial charge >= 0.3 is 0 Å². The number of hydrogen-bond donors (Lipinski definition) is 0. The van der Waals surface area contributed by atoms with Crippen LogP contribution >= 0.6 is 0 Å². The van der Waals surface area contributed by atoms with Crippen LogP contribution in [0.5, 0.6) is 0 Å². The van der Waals surface area contributed by atoms with E-state index in [0.29, 0.717) is 5.82 Å². The molecule has 1 aliphatic carbocycles. The van der Waals surface area contributed by atoms with Crippen molar-refractivity contribution in [3.63, 3.8) is 0 Å². The van der Waals surface area contributed by atoms with Crippen molar-refractivity contribution in [2.24, 2.45) is 0 Å². The SMILES string of the molecule is c1ccc(-c2ccc(-c3nc(-c4cccc(-c5nc6ccccc6c6ccc7c(c56)-c5ccccc5C7(c5ccccc5)c5ccccc5)c4)nc4ccccc34)cc2)cc1. The second-order valence-corrected chi connectivity index (χ2v) is 15.9. The maximum atomic E-state index is 5.56. The van der Waals surface area contributed by atoms with Crippen molar-refractivity contribution >= 4 is 32.6 Å². The fraction of sp³-hybridized carbons (Fsp3) is 0.0172. The molecule has 0 aliphatic heterocycles. The van der Waals surface area contributed by atoms with Gasteiger partial charge in [0.1, 0.15) is 0 Å². The van der Waals surface area contributed by atoms with Crippen molar-refractivity contribution < 1.29 is 0 Å². The van der Waals surface area contributed by atoms with E-state index >= 15 is 0 Å². The lowest BCUT2D eigenvalue weighted by Crippen LogP contribution is -2.28. The lowest BCUT2D eigenvalue weighted by Gasteiger charge is -2.34. The van der Waals surface area contributed by atoms with Crippen LogP contribution in [-0.2, 0) is 5.41 Å². The van der Waals surface area contributed by atoms with E-state index < -0.39 is 5.41 Å². The predicted molar refractivity (Wildman–Crippen MR) is 251 cm³/mol. The molecule has 2 heterocycles. The number of nitrogens with zero attached hydrogens (tertiary/aromatic N) is 3. The molecule has 0 saturated carbocycles. The predicted octanol–water partition coefficient (Wildman–Crippen LogP) is 14.4. The molecule has 12 rings (SSSR count). The topological polar surface area (TPSA) is 38.7 Å². The third-order valence-electron chi connectivity index (χ3n) is 12.5. The first kappa shape index (κ1) is 35.0. The molecule has 61 heavy (non-hydrogen) atoms. The molecule has 0 spiro atoms. The van der Waals surface area contributed by atoms with Crippen molar-refractivity contribution in [1.82, 2.24) is 15.0 Å². The standard InChI is InChI=1S/C58H37N3/c1-4-17-38(18-5-1)39-31-33-40(34-32-39)55-48-27-12-15-30-52(48)60-57(61-55)42-20-16-19-41(37-42)56-54-46(45-25-11-14-29-51(45)59-56)35-36-50-53(54)47-26-10-13-28-49(47)58(50,43-21-6-2-7-22-43)44-23-8-3-9-24-44/h1-37H. The van der Waals surface area contributed by atoms with Gasteiger partial charge in [0, 0.05) is 32.8 Å². The Morgan fingerprint density at radius 2 is 0.869 bits per heavy atom. The normalized spacial score (nSPS) is 12.7. The molecule has 0 radical (unpaired) electrons. The maximum Gasteiger partial charge on any atom is 0.160 e. The number of rotatable bonds is 6. The lowest BCUT2D eigenvalue weighted by molar-refractivity contribution is 0.769. The Bertz CT molecular complexity index is 3410. The highest BCUT2D eigenvalue weighted by Gasteiger charge is 2.47. The largest absolute Gasteiger partial charge is 0.247 e. The average Bonchev–Trinajstić information content (AvgIpc) is 3.65. The molecule has 11 aromatic rings. The Hall–Kier alpha value is -8.01. The summed E-state index contributed by atoms with van der Waals surface area (Å²) in [4.78, 5) is 16.1. The molecule has 2 aromatic heterocycles. The Balaban J connectivity index is 1.09. The van der Waals surface area contributed by atoms with Gasteiger partial charge in [0.15, 0.2) is 5.82 Å². The zero-order valence-electron chi connectivity index (χ0n) is 33.2. The minimum Gasteiger partial charge on any atom is -0.247 e. The Kier molecular flexibility index (Phi) is 8.07. The molecular weight excluding hydrogens is 739 g/mol. The van der Waals surface area contributed by atoms with Crippen LogP contribution in [0.4, 0.5) is 0 Å². The van der Waals surface area contributed by atoms with Gasteiger partial charge in [-0.3, -0.25) is 0 Å². The third kappa shape index (κ3) is 5.48. The van der Waals surface area contributed by atoms with E-state index in [-0.39, 0.29) is 0 Å². The first-order chi connectivity index (χ1) is 30.3. The van der Waals surface area contributed by atoms with Gasteiger partial charge in [-0.15, -0.1) is 0 Å². The molecule has 0 atom stereocenters. The smallest absolute Gasteiger partial charge is 0.160 e. The van der Waals surface area contributed by atoms with Crippen LogP contribution in [0, 0.1) is 0 Å². The van der Waals surface area contributed by atoms with Crippen LogP contribution in [0.25, 0.3) is 88.7 Å². The number of fused-ring (bicyclic) bond motifs is 8. The summed E-state index contributed by atoms with van der Waals surface area (Å²) in [5.74, 6) is 0.676. The van der Waals surface area contributed by atoms with Crippen LogP contribution in [0.15, 0.2) is 224 Å². The highest BCUT2D eigenvalue weighted by molar-refractivity contribution is 6.18. The van der Waals surface area contributed by atoms with E-state index in [1.807, 2.05) is 12.1 Å². The molecule has 0 unspecified atom stereocenters. The molecule has 0 N–H and O–H groups in total. The van der Waals surface area contributed by atoms with Crippen molar-refractivity contribution in [3.05, 3.63) is 247 Å². The first-order valence-corrected chi connectivity index (χ1v) is 20.9. The van der Waals surface area contributed by atoms with Crippen molar-refractivity contribution in [3.8, 4) is 56.2 Å². The third-order valence-corrected chi connectivity index (χ3v) is 12.5. The fourth-order valence-electron chi connectivity index (χ4n) is 9.87. The van der Waals surface area contributed by atoms with Crippen molar-refractivity contribution in [1.29, 1.82) is 0 Å². The van der Waals surface area contributed by atoms with Crippen molar-refractivity contribution in [2.45, 2.75) is 5.41 Å². The van der Waals surface area contributed by atoms with Gasteiger partial charge in [-0.1, -0.05) is 206 Å². The summed E-state index contributed by atoms with van der Waals surface area (Å²) in [5.41, 5.74) is 16.0. The Morgan fingerprint density at radius 1 is 0.311 bits per heavy atom. The van der Waals surface area contributed by atoms with E-state index in [9.17, 15) is 0 Å². The zero-order valence-corrected chi connectivity index (χ0v) is 33.2.